The minimum Gasteiger partial charge on any atom is -0.449 e. The van der Waals surface area contributed by atoms with Crippen molar-refractivity contribution in [3.63, 3.8) is 0 Å². The molecule has 0 aliphatic carbocycles. The summed E-state index contributed by atoms with van der Waals surface area (Å²) >= 11 is 5.85. The van der Waals surface area contributed by atoms with Crippen LogP contribution in [0.1, 0.15) is 17.3 Å². The number of nitro groups is 1. The van der Waals surface area contributed by atoms with E-state index in [1.807, 2.05) is 0 Å². The van der Waals surface area contributed by atoms with Gasteiger partial charge in [-0.3, -0.25) is 14.9 Å². The molecule has 9 heteroatoms. The fourth-order valence-electron chi connectivity index (χ4n) is 2.27. The van der Waals surface area contributed by atoms with E-state index in [0.29, 0.717) is 16.4 Å². The third-order valence-corrected chi connectivity index (χ3v) is 3.87. The standard InChI is InChI=1S/C18H18ClN3O5/c1-11(17(23)20-14-6-4-5-13(19)10-14)27-18(24)12-7-8-15(21(2)3)16(9-12)22(25)26/h4-11H,1-3H3,(H,20,23)/t11-/m1/s1. The molecule has 2 rings (SSSR count). The van der Waals surface area contributed by atoms with E-state index in [4.69, 9.17) is 16.3 Å². The summed E-state index contributed by atoms with van der Waals surface area (Å²) in [6.07, 6.45) is -1.11. The van der Waals surface area contributed by atoms with Crippen molar-refractivity contribution in [1.82, 2.24) is 0 Å². The van der Waals surface area contributed by atoms with Crippen LogP contribution in [0.3, 0.4) is 0 Å². The van der Waals surface area contributed by atoms with Crippen LogP contribution in [0.15, 0.2) is 42.5 Å². The molecule has 1 atom stereocenters. The fraction of sp³-hybridized carbons (Fsp3) is 0.222. The average Bonchev–Trinajstić information content (AvgIpc) is 2.60. The topological polar surface area (TPSA) is 102 Å². The van der Waals surface area contributed by atoms with Gasteiger partial charge in [-0.25, -0.2) is 4.79 Å². The third-order valence-electron chi connectivity index (χ3n) is 3.63. The number of hydrogen-bond donors (Lipinski definition) is 1. The van der Waals surface area contributed by atoms with E-state index in [1.165, 1.54) is 19.1 Å². The maximum atomic E-state index is 12.3. The van der Waals surface area contributed by atoms with E-state index in [0.717, 1.165) is 6.07 Å². The molecule has 2 aromatic rings. The number of amides is 1. The molecule has 0 saturated heterocycles. The fourth-order valence-corrected chi connectivity index (χ4v) is 2.46. The predicted octanol–water partition coefficient (Wildman–Crippen LogP) is 3.50. The molecular formula is C18H18ClN3O5. The van der Waals surface area contributed by atoms with Crippen LogP contribution < -0.4 is 10.2 Å². The molecule has 0 aromatic heterocycles. The first kappa shape index (κ1) is 20.2. The summed E-state index contributed by atoms with van der Waals surface area (Å²) in [4.78, 5) is 36.6. The Hall–Kier alpha value is -3.13. The summed E-state index contributed by atoms with van der Waals surface area (Å²) in [6.45, 7) is 1.40. The van der Waals surface area contributed by atoms with E-state index >= 15 is 0 Å². The monoisotopic (exact) mass is 391 g/mol. The number of carbonyl (C=O) groups excluding carboxylic acids is 2. The number of esters is 1. The van der Waals surface area contributed by atoms with Gasteiger partial charge in [0.05, 0.1) is 10.5 Å². The van der Waals surface area contributed by atoms with Crippen molar-refractivity contribution >= 4 is 40.5 Å². The van der Waals surface area contributed by atoms with Gasteiger partial charge in [0.15, 0.2) is 6.10 Å². The molecule has 0 fully saturated rings. The lowest BCUT2D eigenvalue weighted by Gasteiger charge is -2.15. The zero-order chi connectivity index (χ0) is 20.1. The van der Waals surface area contributed by atoms with Crippen LogP contribution in [0.4, 0.5) is 17.1 Å². The second kappa shape index (κ2) is 8.50. The van der Waals surface area contributed by atoms with Crippen LogP contribution in [0, 0.1) is 10.1 Å². The van der Waals surface area contributed by atoms with Crippen molar-refractivity contribution in [2.24, 2.45) is 0 Å². The lowest BCUT2D eigenvalue weighted by Crippen LogP contribution is -2.30. The molecule has 0 unspecified atom stereocenters. The summed E-state index contributed by atoms with van der Waals surface area (Å²) in [5.74, 6) is -1.39. The second-order valence-electron chi connectivity index (χ2n) is 5.90. The highest BCUT2D eigenvalue weighted by Crippen LogP contribution is 2.28. The van der Waals surface area contributed by atoms with Gasteiger partial charge in [0.1, 0.15) is 5.69 Å². The Balaban J connectivity index is 2.10. The van der Waals surface area contributed by atoms with Crippen LogP contribution in [-0.4, -0.2) is 37.0 Å². The quantitative estimate of drug-likeness (QED) is 0.459. The van der Waals surface area contributed by atoms with Gasteiger partial charge >= 0.3 is 5.97 Å². The summed E-state index contributed by atoms with van der Waals surface area (Å²) < 4.78 is 5.12. The number of nitrogens with one attached hydrogen (secondary N) is 1. The van der Waals surface area contributed by atoms with Crippen LogP contribution in [-0.2, 0) is 9.53 Å². The largest absolute Gasteiger partial charge is 0.449 e. The predicted molar refractivity (Wildman–Crippen MR) is 102 cm³/mol. The molecule has 27 heavy (non-hydrogen) atoms. The number of nitro benzene ring substituents is 1. The highest BCUT2D eigenvalue weighted by Gasteiger charge is 2.23. The Morgan fingerprint density at radius 3 is 2.52 bits per heavy atom. The molecule has 1 N–H and O–H groups in total. The van der Waals surface area contributed by atoms with Crippen LogP contribution in [0.25, 0.3) is 0 Å². The van der Waals surface area contributed by atoms with Gasteiger partial charge in [0.25, 0.3) is 11.6 Å². The van der Waals surface area contributed by atoms with Crippen molar-refractivity contribution in [3.05, 3.63) is 63.2 Å². The molecule has 2 aromatic carbocycles. The zero-order valence-electron chi connectivity index (χ0n) is 14.9. The van der Waals surface area contributed by atoms with Gasteiger partial charge in [0.2, 0.25) is 0 Å². The lowest BCUT2D eigenvalue weighted by molar-refractivity contribution is -0.384. The van der Waals surface area contributed by atoms with E-state index < -0.39 is 22.9 Å². The Labute approximate surface area is 160 Å². The summed E-state index contributed by atoms with van der Waals surface area (Å²) in [6, 6.07) is 10.5. The number of rotatable bonds is 6. The maximum Gasteiger partial charge on any atom is 0.339 e. The summed E-state index contributed by atoms with van der Waals surface area (Å²) in [5, 5.41) is 14.2. The van der Waals surface area contributed by atoms with E-state index in [9.17, 15) is 19.7 Å². The number of halogens is 1. The molecule has 0 spiro atoms. The molecule has 0 saturated carbocycles. The van der Waals surface area contributed by atoms with Crippen molar-refractivity contribution in [3.8, 4) is 0 Å². The van der Waals surface area contributed by atoms with Gasteiger partial charge in [-0.1, -0.05) is 17.7 Å². The number of benzene rings is 2. The molecule has 0 heterocycles. The SMILES string of the molecule is C[C@@H](OC(=O)c1ccc(N(C)C)c([N+](=O)[O-])c1)C(=O)Nc1cccc(Cl)c1. The van der Waals surface area contributed by atoms with Crippen molar-refractivity contribution < 1.29 is 19.2 Å². The molecule has 8 nitrogen and oxygen atoms in total. The number of anilines is 2. The van der Waals surface area contributed by atoms with Crippen LogP contribution in [0.5, 0.6) is 0 Å². The Morgan fingerprint density at radius 1 is 1.22 bits per heavy atom. The molecule has 0 aliphatic heterocycles. The van der Waals surface area contributed by atoms with Gasteiger partial charge in [-0.2, -0.15) is 0 Å². The molecule has 0 aliphatic rings. The van der Waals surface area contributed by atoms with E-state index in [-0.39, 0.29) is 11.3 Å². The highest BCUT2D eigenvalue weighted by molar-refractivity contribution is 6.30. The lowest BCUT2D eigenvalue weighted by atomic mass is 10.1. The zero-order valence-corrected chi connectivity index (χ0v) is 15.7. The molecule has 1 amide bonds. The smallest absolute Gasteiger partial charge is 0.339 e. The molecule has 0 bridgehead atoms. The third kappa shape index (κ3) is 5.18. The Morgan fingerprint density at radius 2 is 1.93 bits per heavy atom. The summed E-state index contributed by atoms with van der Waals surface area (Å²) in [7, 11) is 3.31. The number of nitrogens with zero attached hydrogens (tertiary/aromatic N) is 2. The first-order chi connectivity index (χ1) is 12.7. The van der Waals surface area contributed by atoms with E-state index in [1.54, 1.807) is 43.3 Å². The Bertz CT molecular complexity index is 885. The van der Waals surface area contributed by atoms with Gasteiger partial charge < -0.3 is 15.0 Å². The van der Waals surface area contributed by atoms with Crippen LogP contribution in [0.2, 0.25) is 5.02 Å². The molecule has 0 radical (unpaired) electrons. The van der Waals surface area contributed by atoms with Crippen molar-refractivity contribution in [2.45, 2.75) is 13.0 Å². The second-order valence-corrected chi connectivity index (χ2v) is 6.34. The summed E-state index contributed by atoms with van der Waals surface area (Å²) in [5.41, 5.74) is 0.560. The number of ether oxygens (including phenoxy) is 1. The maximum absolute atomic E-state index is 12.3. The van der Waals surface area contributed by atoms with Gasteiger partial charge in [-0.15, -0.1) is 0 Å². The first-order valence-corrected chi connectivity index (χ1v) is 8.30. The molecular weight excluding hydrogens is 374 g/mol. The highest BCUT2D eigenvalue weighted by atomic mass is 35.5. The molecule has 142 valence electrons. The van der Waals surface area contributed by atoms with Crippen molar-refractivity contribution in [2.75, 3.05) is 24.3 Å². The van der Waals surface area contributed by atoms with Crippen LogP contribution >= 0.6 is 11.6 Å². The van der Waals surface area contributed by atoms with Crippen molar-refractivity contribution in [1.29, 1.82) is 0 Å². The minimum atomic E-state index is -1.11. The Kier molecular flexibility index (Phi) is 6.36. The average molecular weight is 392 g/mol. The van der Waals surface area contributed by atoms with Gasteiger partial charge in [-0.05, 0) is 37.3 Å². The van der Waals surface area contributed by atoms with E-state index in [2.05, 4.69) is 5.32 Å². The first-order valence-electron chi connectivity index (χ1n) is 7.92. The number of hydrogen-bond acceptors (Lipinski definition) is 6. The minimum absolute atomic E-state index is 0.0188. The normalized spacial score (nSPS) is 11.4. The van der Waals surface area contributed by atoms with Gasteiger partial charge in [0, 0.05) is 30.9 Å². The number of carbonyl (C=O) groups is 2.